The molecule has 1 aliphatic rings. The third-order valence-electron chi connectivity index (χ3n) is 8.63. The van der Waals surface area contributed by atoms with E-state index in [0.29, 0.717) is 13.0 Å². The maximum absolute atomic E-state index is 12.1. The Labute approximate surface area is 304 Å². The minimum atomic E-state index is -0.292. The summed E-state index contributed by atoms with van der Waals surface area (Å²) in [6.45, 7) is 17.5. The highest BCUT2D eigenvalue weighted by Crippen LogP contribution is 2.12. The number of nitrogens with zero attached hydrogens (tertiary/aromatic N) is 2. The lowest BCUT2D eigenvalue weighted by Crippen LogP contribution is -2.47. The topological polar surface area (TPSA) is 64.7 Å². The molecule has 1 heterocycles. The second kappa shape index (κ2) is 37.1. The van der Waals surface area contributed by atoms with Crippen molar-refractivity contribution in [2.75, 3.05) is 52.4 Å². The van der Waals surface area contributed by atoms with Crippen LogP contribution in [0.4, 0.5) is 0 Å². The van der Waals surface area contributed by atoms with Crippen LogP contribution in [-0.2, 0) is 9.59 Å². The van der Waals surface area contributed by atoms with Crippen LogP contribution in [0.15, 0.2) is 12.7 Å². The van der Waals surface area contributed by atoms with Gasteiger partial charge in [0.05, 0.1) is 0 Å². The van der Waals surface area contributed by atoms with Crippen molar-refractivity contribution in [2.45, 2.75) is 156 Å². The van der Waals surface area contributed by atoms with Gasteiger partial charge in [-0.05, 0) is 75.8 Å². The molecule has 282 valence electrons. The molecule has 0 aromatic heterocycles. The summed E-state index contributed by atoms with van der Waals surface area (Å²) in [4.78, 5) is 28.6. The molecule has 0 spiro atoms. The Kier molecular flexibility index (Phi) is 35.0. The van der Waals surface area contributed by atoms with E-state index >= 15 is 0 Å². The fourth-order valence-electron chi connectivity index (χ4n) is 5.64. The van der Waals surface area contributed by atoms with Gasteiger partial charge in [-0.1, -0.05) is 122 Å². The first kappa shape index (κ1) is 45.3. The molecule has 1 aliphatic heterocycles. The zero-order chi connectivity index (χ0) is 35.2. The molecule has 6 heteroatoms. The molecule has 0 bridgehead atoms. The summed E-state index contributed by atoms with van der Waals surface area (Å²) in [6, 6.07) is 0. The van der Waals surface area contributed by atoms with Crippen molar-refractivity contribution in [2.24, 2.45) is 0 Å². The van der Waals surface area contributed by atoms with Gasteiger partial charge in [0.25, 0.3) is 5.91 Å². The normalized spacial score (nSPS) is 12.6. The second-order valence-corrected chi connectivity index (χ2v) is 13.0. The van der Waals surface area contributed by atoms with Crippen LogP contribution in [0.3, 0.4) is 0 Å². The van der Waals surface area contributed by atoms with Crippen LogP contribution >= 0.6 is 0 Å². The number of amides is 2. The van der Waals surface area contributed by atoms with E-state index in [2.05, 4.69) is 76.4 Å². The smallest absolute Gasteiger partial charge is 0.296 e. The fraction of sp³-hybridized carbons (Fsp3) is 0.762. The number of piperazine rings is 1. The number of allylic oxidation sites excluding steroid dienone is 1. The SMILES string of the molecule is C=CCCCCCCCC.CC#CC#CC#CC(=O)NCCCN1CCN(CCCNC(=O)CCCCCCCCCCCCC)CC1.[HH].[HH].[HH].[HH].[HH]. The molecule has 2 N–H and O–H groups in total. The van der Waals surface area contributed by atoms with Crippen LogP contribution < -0.4 is 10.6 Å². The minimum Gasteiger partial charge on any atom is -0.356 e. The molecule has 6 nitrogen and oxygen atoms in total. The Morgan fingerprint density at radius 1 is 0.625 bits per heavy atom. The second-order valence-electron chi connectivity index (χ2n) is 13.0. The van der Waals surface area contributed by atoms with E-state index in [0.717, 1.165) is 65.1 Å². The van der Waals surface area contributed by atoms with Gasteiger partial charge in [-0.25, -0.2) is 0 Å². The first-order chi connectivity index (χ1) is 23.6. The maximum atomic E-state index is 12.1. The molecule has 0 aromatic rings. The molecule has 0 unspecified atom stereocenters. The molecule has 1 saturated heterocycles. The highest BCUT2D eigenvalue weighted by atomic mass is 16.2. The van der Waals surface area contributed by atoms with Gasteiger partial charge in [0.2, 0.25) is 5.91 Å². The summed E-state index contributed by atoms with van der Waals surface area (Å²) in [5.74, 6) is 15.2. The monoisotopic (exact) mass is 675 g/mol. The van der Waals surface area contributed by atoms with Crippen LogP contribution in [0.1, 0.15) is 163 Å². The summed E-state index contributed by atoms with van der Waals surface area (Å²) in [5, 5.41) is 5.91. The number of carbonyl (C=O) groups is 2. The van der Waals surface area contributed by atoms with Crippen LogP contribution in [0.2, 0.25) is 0 Å². The molecule has 2 amide bonds. The average Bonchev–Trinajstić information content (AvgIpc) is 3.10. The number of nitrogens with one attached hydrogen (secondary N) is 2. The lowest BCUT2D eigenvalue weighted by atomic mass is 10.1. The Morgan fingerprint density at radius 3 is 1.58 bits per heavy atom. The van der Waals surface area contributed by atoms with E-state index in [1.54, 1.807) is 6.92 Å². The molecule has 1 fully saturated rings. The summed E-state index contributed by atoms with van der Waals surface area (Å²) < 4.78 is 0. The Hall–Kier alpha value is -2.72. The van der Waals surface area contributed by atoms with E-state index in [1.165, 1.54) is 109 Å². The Bertz CT molecular complexity index is 991. The van der Waals surface area contributed by atoms with Crippen LogP contribution in [-0.4, -0.2) is 74.0 Å². The molecule has 0 aromatic carbocycles. The van der Waals surface area contributed by atoms with Crippen LogP contribution in [0.25, 0.3) is 0 Å². The van der Waals surface area contributed by atoms with Crippen LogP contribution in [0, 0.1) is 35.5 Å². The number of carbonyl (C=O) groups excluding carboxylic acids is 2. The maximum Gasteiger partial charge on any atom is 0.296 e. The first-order valence-corrected chi connectivity index (χ1v) is 19.6. The lowest BCUT2D eigenvalue weighted by Gasteiger charge is -2.34. The summed E-state index contributed by atoms with van der Waals surface area (Å²) in [7, 11) is 0. The van der Waals surface area contributed by atoms with Gasteiger partial charge < -0.3 is 20.4 Å². The van der Waals surface area contributed by atoms with E-state index in [1.807, 2.05) is 6.08 Å². The highest BCUT2D eigenvalue weighted by Gasteiger charge is 2.16. The number of rotatable bonds is 27. The standard InChI is InChI=1S/C32H52N4O2.C10H20.5H2/c1-3-5-7-9-10-11-12-13-14-16-18-22-32(38)34-24-20-26-36-29-27-35(28-30-36)25-19-23-33-31(37)21-17-15-8-6-4-2;1-3-5-7-9-10-8-6-4-2;;;;;/h3,5,7,9-14,16,18-20,22-30H2,1-2H3,(H,33,37)(H,34,38);3H,1,4-10H2,2H3;5*1H. The van der Waals surface area contributed by atoms with Crippen molar-refractivity contribution < 1.29 is 16.7 Å². The van der Waals surface area contributed by atoms with Crippen molar-refractivity contribution in [1.29, 1.82) is 0 Å². The third kappa shape index (κ3) is 33.2. The van der Waals surface area contributed by atoms with E-state index in [-0.39, 0.29) is 18.9 Å². The van der Waals surface area contributed by atoms with Gasteiger partial charge in [0.15, 0.2) is 0 Å². The van der Waals surface area contributed by atoms with Crippen molar-refractivity contribution in [3.8, 4) is 35.5 Å². The summed E-state index contributed by atoms with van der Waals surface area (Å²) >= 11 is 0. The van der Waals surface area contributed by atoms with Crippen molar-refractivity contribution in [3.63, 3.8) is 0 Å². The van der Waals surface area contributed by atoms with Crippen molar-refractivity contribution in [3.05, 3.63) is 12.7 Å². The van der Waals surface area contributed by atoms with Gasteiger partial charge in [0, 0.05) is 58.7 Å². The zero-order valence-electron chi connectivity index (χ0n) is 31.5. The number of unbranched alkanes of at least 4 members (excludes halogenated alkanes) is 16. The Morgan fingerprint density at radius 2 is 1.08 bits per heavy atom. The molecular weight excluding hydrogens is 592 g/mol. The number of hydrogen-bond donors (Lipinski definition) is 2. The summed E-state index contributed by atoms with van der Waals surface area (Å²) in [6.07, 6.45) is 28.5. The summed E-state index contributed by atoms with van der Waals surface area (Å²) in [5.41, 5.74) is 0. The largest absolute Gasteiger partial charge is 0.356 e. The molecule has 0 saturated carbocycles. The van der Waals surface area contributed by atoms with Crippen molar-refractivity contribution >= 4 is 11.8 Å². The highest BCUT2D eigenvalue weighted by molar-refractivity contribution is 5.94. The van der Waals surface area contributed by atoms with Gasteiger partial charge in [-0.3, -0.25) is 9.59 Å². The molecule has 48 heavy (non-hydrogen) atoms. The molecule has 0 radical (unpaired) electrons. The molecular formula is C42H82N4O2. The predicted molar refractivity (Wildman–Crippen MR) is 217 cm³/mol. The van der Waals surface area contributed by atoms with Crippen LogP contribution in [0.5, 0.6) is 0 Å². The van der Waals surface area contributed by atoms with Gasteiger partial charge in [-0.15, -0.1) is 6.58 Å². The zero-order valence-corrected chi connectivity index (χ0v) is 31.5. The molecule has 0 aliphatic carbocycles. The van der Waals surface area contributed by atoms with E-state index < -0.39 is 0 Å². The van der Waals surface area contributed by atoms with E-state index in [4.69, 9.17) is 0 Å². The number of hydrogen-bond acceptors (Lipinski definition) is 4. The molecule has 0 atom stereocenters. The first-order valence-electron chi connectivity index (χ1n) is 19.6. The minimum absolute atomic E-state index is 0. The van der Waals surface area contributed by atoms with E-state index in [9.17, 15) is 9.59 Å². The lowest BCUT2D eigenvalue weighted by molar-refractivity contribution is -0.121. The average molecular weight is 675 g/mol. The fourth-order valence-corrected chi connectivity index (χ4v) is 5.64. The Balaban J connectivity index is -0.000000322. The van der Waals surface area contributed by atoms with Crippen molar-refractivity contribution in [1.82, 2.24) is 20.4 Å². The molecule has 1 rings (SSSR count). The quantitative estimate of drug-likeness (QED) is 0.0518. The van der Waals surface area contributed by atoms with Gasteiger partial charge >= 0.3 is 0 Å². The van der Waals surface area contributed by atoms with Gasteiger partial charge in [0.1, 0.15) is 0 Å². The third-order valence-corrected chi connectivity index (χ3v) is 8.63. The predicted octanol–water partition coefficient (Wildman–Crippen LogP) is 9.50. The van der Waals surface area contributed by atoms with Gasteiger partial charge in [-0.2, -0.15) is 0 Å².